The van der Waals surface area contributed by atoms with Gasteiger partial charge in [0.25, 0.3) is 0 Å². The van der Waals surface area contributed by atoms with Crippen molar-refractivity contribution in [3.05, 3.63) is 59.0 Å². The van der Waals surface area contributed by atoms with Gasteiger partial charge in [0.1, 0.15) is 17.8 Å². The largest absolute Gasteiger partial charge is 0.758 e. The molecule has 0 fully saturated rings. The Hall–Kier alpha value is -2.11. The predicted octanol–water partition coefficient (Wildman–Crippen LogP) is 1.49. The molecule has 0 aromatic heterocycles. The molecule has 2 heterocycles. The lowest BCUT2D eigenvalue weighted by molar-refractivity contribution is 0.0441. The van der Waals surface area contributed by atoms with Gasteiger partial charge in [-0.05, 0) is 18.2 Å². The van der Waals surface area contributed by atoms with Crippen LogP contribution in [0, 0.1) is 10.6 Å². The number of para-hydroxylation sites is 1. The molecular formula is C15H14NO4-. The lowest BCUT2D eigenvalue weighted by Gasteiger charge is -2.45. The first-order chi connectivity index (χ1) is 9.69. The van der Waals surface area contributed by atoms with E-state index in [1.54, 1.807) is 42.5 Å². The zero-order valence-corrected chi connectivity index (χ0v) is 10.8. The van der Waals surface area contributed by atoms with E-state index >= 15 is 0 Å². The van der Waals surface area contributed by atoms with Crippen molar-refractivity contribution in [2.75, 3.05) is 19.8 Å². The third-order valence-corrected chi connectivity index (χ3v) is 3.73. The number of nitrogens with zero attached hydrogens (tertiary/aromatic N) is 1. The normalized spacial score (nSPS) is 25.0. The number of hydrogen-bond donors (Lipinski definition) is 1. The summed E-state index contributed by atoms with van der Waals surface area (Å²) in [6.07, 6.45) is 4.99. The average molecular weight is 272 g/mol. The summed E-state index contributed by atoms with van der Waals surface area (Å²) < 4.78 is 5.59. The first-order valence-corrected chi connectivity index (χ1v) is 6.38. The van der Waals surface area contributed by atoms with E-state index in [-0.39, 0.29) is 24.6 Å². The molecule has 1 aromatic carbocycles. The maximum Gasteiger partial charge on any atom is 0.184 e. The van der Waals surface area contributed by atoms with Gasteiger partial charge in [-0.15, -0.1) is 0 Å². The zero-order chi connectivity index (χ0) is 14.2. The molecule has 0 saturated heterocycles. The Labute approximate surface area is 116 Å². The first kappa shape index (κ1) is 12.9. The van der Waals surface area contributed by atoms with Crippen LogP contribution in [0.3, 0.4) is 0 Å². The summed E-state index contributed by atoms with van der Waals surface area (Å²) in [5.74, 6) is 0.218. The molecule has 1 N–H and O–H groups in total. The van der Waals surface area contributed by atoms with Gasteiger partial charge in [-0.3, -0.25) is 4.79 Å². The summed E-state index contributed by atoms with van der Waals surface area (Å²) in [5.41, 5.74) is -0.667. The number of carbonyl (C=O) groups excluding carboxylic acids is 1. The number of aliphatic hydroxyl groups is 1. The topological polar surface area (TPSA) is 72.8 Å². The SMILES string of the molecule is O=C1c2ccccc2OCC1(CO)C1=CC=CCN1[O-]. The van der Waals surface area contributed by atoms with Gasteiger partial charge in [0.05, 0.1) is 12.2 Å². The molecule has 104 valence electrons. The van der Waals surface area contributed by atoms with Crippen molar-refractivity contribution >= 4 is 5.78 Å². The van der Waals surface area contributed by atoms with Crippen molar-refractivity contribution in [3.63, 3.8) is 0 Å². The highest BCUT2D eigenvalue weighted by molar-refractivity contribution is 6.05. The van der Waals surface area contributed by atoms with Gasteiger partial charge >= 0.3 is 0 Å². The first-order valence-electron chi connectivity index (χ1n) is 6.38. The lowest BCUT2D eigenvalue weighted by Crippen LogP contribution is -2.49. The smallest absolute Gasteiger partial charge is 0.184 e. The average Bonchev–Trinajstić information content (AvgIpc) is 2.49. The van der Waals surface area contributed by atoms with Crippen LogP contribution in [-0.4, -0.2) is 35.7 Å². The fourth-order valence-electron chi connectivity index (χ4n) is 2.59. The molecule has 0 radical (unpaired) electrons. The maximum absolute atomic E-state index is 12.7. The van der Waals surface area contributed by atoms with E-state index in [1.807, 2.05) is 0 Å². The summed E-state index contributed by atoms with van der Waals surface area (Å²) in [6.45, 7) is -0.321. The Morgan fingerprint density at radius 2 is 2.20 bits per heavy atom. The molecule has 2 aliphatic rings. The number of fused-ring (bicyclic) bond motifs is 1. The van der Waals surface area contributed by atoms with E-state index in [4.69, 9.17) is 4.74 Å². The Morgan fingerprint density at radius 3 is 2.95 bits per heavy atom. The number of aliphatic hydroxyl groups excluding tert-OH is 1. The number of hydrogen-bond acceptors (Lipinski definition) is 5. The van der Waals surface area contributed by atoms with Crippen LogP contribution >= 0.6 is 0 Å². The quantitative estimate of drug-likeness (QED) is 0.883. The second-order valence-electron chi connectivity index (χ2n) is 4.90. The molecule has 5 heteroatoms. The van der Waals surface area contributed by atoms with Crippen LogP contribution in [0.4, 0.5) is 0 Å². The summed E-state index contributed by atoms with van der Waals surface area (Å²) in [5, 5.41) is 22.5. The molecule has 0 amide bonds. The fraction of sp³-hybridized carbons (Fsp3) is 0.267. The lowest BCUT2D eigenvalue weighted by atomic mass is 9.76. The van der Waals surface area contributed by atoms with Crippen LogP contribution in [0.15, 0.2) is 48.2 Å². The van der Waals surface area contributed by atoms with E-state index < -0.39 is 12.0 Å². The number of ketones is 1. The van der Waals surface area contributed by atoms with Crippen LogP contribution in [0.5, 0.6) is 5.75 Å². The molecule has 1 unspecified atom stereocenters. The van der Waals surface area contributed by atoms with E-state index in [0.717, 1.165) is 5.06 Å². The summed E-state index contributed by atoms with van der Waals surface area (Å²) in [7, 11) is 0. The molecule has 3 rings (SSSR count). The number of benzene rings is 1. The number of Topliss-reactive ketones (excluding diaryl/α,β-unsaturated/α-hetero) is 1. The number of rotatable bonds is 2. The van der Waals surface area contributed by atoms with Crippen LogP contribution in [0.25, 0.3) is 0 Å². The molecule has 1 aromatic rings. The minimum Gasteiger partial charge on any atom is -0.758 e. The number of allylic oxidation sites excluding steroid dienone is 2. The maximum atomic E-state index is 12.7. The number of ether oxygens (including phenoxy) is 1. The van der Waals surface area contributed by atoms with Gasteiger partial charge in [-0.2, -0.15) is 0 Å². The number of hydroxylamine groups is 2. The van der Waals surface area contributed by atoms with E-state index in [1.165, 1.54) is 0 Å². The van der Waals surface area contributed by atoms with Crippen molar-refractivity contribution in [2.24, 2.45) is 5.41 Å². The Bertz CT molecular complexity index is 608. The third kappa shape index (κ3) is 1.75. The fourth-order valence-corrected chi connectivity index (χ4v) is 2.59. The van der Waals surface area contributed by atoms with Gasteiger partial charge in [0.15, 0.2) is 5.78 Å². The molecular weight excluding hydrogens is 258 g/mol. The predicted molar refractivity (Wildman–Crippen MR) is 73.1 cm³/mol. The molecule has 1 atom stereocenters. The Morgan fingerprint density at radius 1 is 1.40 bits per heavy atom. The highest BCUT2D eigenvalue weighted by Gasteiger charge is 2.47. The summed E-state index contributed by atoms with van der Waals surface area (Å²) in [6, 6.07) is 6.87. The molecule has 0 bridgehead atoms. The zero-order valence-electron chi connectivity index (χ0n) is 10.8. The van der Waals surface area contributed by atoms with Crippen molar-refractivity contribution in [1.29, 1.82) is 0 Å². The standard InChI is InChI=1S/C15H14NO4/c17-9-15(13-7-3-4-8-16(13)19)10-20-12-6-2-1-5-11(12)14(15)18/h1-7,17H,8-10H2/q-1. The van der Waals surface area contributed by atoms with Crippen molar-refractivity contribution in [3.8, 4) is 5.75 Å². The molecule has 0 aliphatic carbocycles. The second kappa shape index (κ2) is 4.77. The molecule has 5 nitrogen and oxygen atoms in total. The minimum absolute atomic E-state index is 0.0300. The summed E-state index contributed by atoms with van der Waals surface area (Å²) >= 11 is 0. The Kier molecular flexibility index (Phi) is 3.08. The van der Waals surface area contributed by atoms with Crippen LogP contribution in [0.1, 0.15) is 10.4 Å². The molecule has 0 saturated carbocycles. The van der Waals surface area contributed by atoms with E-state index in [2.05, 4.69) is 0 Å². The van der Waals surface area contributed by atoms with Gasteiger partial charge < -0.3 is 20.1 Å². The van der Waals surface area contributed by atoms with E-state index in [0.29, 0.717) is 11.3 Å². The van der Waals surface area contributed by atoms with Crippen LogP contribution in [-0.2, 0) is 0 Å². The Balaban J connectivity index is 2.09. The van der Waals surface area contributed by atoms with Gasteiger partial charge in [0, 0.05) is 12.2 Å². The summed E-state index contributed by atoms with van der Waals surface area (Å²) in [4.78, 5) is 12.7. The van der Waals surface area contributed by atoms with Gasteiger partial charge in [-0.1, -0.05) is 24.3 Å². The van der Waals surface area contributed by atoms with Crippen molar-refractivity contribution in [2.45, 2.75) is 0 Å². The van der Waals surface area contributed by atoms with E-state index in [9.17, 15) is 15.1 Å². The molecule has 20 heavy (non-hydrogen) atoms. The highest BCUT2D eigenvalue weighted by atomic mass is 16.5. The van der Waals surface area contributed by atoms with Gasteiger partial charge in [-0.25, -0.2) is 0 Å². The molecule has 2 aliphatic heterocycles. The number of carbonyl (C=O) groups is 1. The second-order valence-corrected chi connectivity index (χ2v) is 4.90. The highest BCUT2D eigenvalue weighted by Crippen LogP contribution is 2.40. The minimum atomic E-state index is -1.32. The van der Waals surface area contributed by atoms with Crippen molar-refractivity contribution < 1.29 is 14.6 Å². The molecule has 0 spiro atoms. The van der Waals surface area contributed by atoms with Crippen LogP contribution in [0.2, 0.25) is 0 Å². The van der Waals surface area contributed by atoms with Crippen molar-refractivity contribution in [1.82, 2.24) is 5.06 Å². The van der Waals surface area contributed by atoms with Crippen LogP contribution < -0.4 is 4.74 Å². The third-order valence-electron chi connectivity index (χ3n) is 3.73. The monoisotopic (exact) mass is 272 g/mol. The van der Waals surface area contributed by atoms with Gasteiger partial charge in [0.2, 0.25) is 0 Å².